The van der Waals surface area contributed by atoms with Gasteiger partial charge in [0.2, 0.25) is 0 Å². The second-order valence-corrected chi connectivity index (χ2v) is 11.4. The smallest absolute Gasteiger partial charge is 0.339 e. The Morgan fingerprint density at radius 2 is 0.756 bits per heavy atom. The van der Waals surface area contributed by atoms with Crippen LogP contribution in [0.25, 0.3) is 0 Å². The number of esters is 3. The monoisotopic (exact) mass is 584 g/mol. The highest BCUT2D eigenvalue weighted by Crippen LogP contribution is 2.26. The van der Waals surface area contributed by atoms with E-state index in [1.54, 1.807) is 0 Å². The maximum absolute atomic E-state index is 13.3. The molecule has 0 atom stereocenters. The lowest BCUT2D eigenvalue weighted by Gasteiger charge is -2.30. The quantitative estimate of drug-likeness (QED) is 0.0473. The Morgan fingerprint density at radius 3 is 1.15 bits per heavy atom. The molecule has 0 unspecified atom stereocenters. The predicted octanol–water partition coefficient (Wildman–Crippen LogP) is 9.03. The van der Waals surface area contributed by atoms with Crippen molar-refractivity contribution in [1.82, 2.24) is 0 Å². The first-order chi connectivity index (χ1) is 20.0. The topological polar surface area (TPSA) is 88.1 Å². The van der Waals surface area contributed by atoms with Crippen LogP contribution in [0, 0.1) is 0 Å². The van der Waals surface area contributed by atoms with E-state index in [1.165, 1.54) is 70.6 Å². The van der Waals surface area contributed by atoms with Crippen LogP contribution in [-0.2, 0) is 33.3 Å². The van der Waals surface area contributed by atoms with Gasteiger partial charge in [-0.1, -0.05) is 130 Å². The highest BCUT2D eigenvalue weighted by Gasteiger charge is 2.46. The molecule has 0 aliphatic rings. The molecule has 0 aromatic carbocycles. The first-order valence-electron chi connectivity index (χ1n) is 17.1. The lowest BCUT2D eigenvalue weighted by Crippen LogP contribution is -2.47. The number of hydrogen-bond acceptors (Lipinski definition) is 7. The first-order valence-corrected chi connectivity index (χ1v) is 17.1. The van der Waals surface area contributed by atoms with Gasteiger partial charge in [0.1, 0.15) is 0 Å². The molecule has 242 valence electrons. The molecule has 0 aromatic heterocycles. The lowest BCUT2D eigenvalue weighted by atomic mass is 9.94. The van der Waals surface area contributed by atoms with E-state index in [2.05, 4.69) is 6.92 Å². The van der Waals surface area contributed by atoms with Crippen molar-refractivity contribution in [1.29, 1.82) is 0 Å². The van der Waals surface area contributed by atoms with Gasteiger partial charge in [-0.05, 0) is 25.7 Å². The number of ether oxygens (including phenoxy) is 4. The summed E-state index contributed by atoms with van der Waals surface area (Å²) in [5.41, 5.74) is -1.73. The normalized spacial score (nSPS) is 11.4. The average Bonchev–Trinajstić information content (AvgIpc) is 2.95. The second-order valence-electron chi connectivity index (χ2n) is 11.4. The van der Waals surface area contributed by atoms with Crippen molar-refractivity contribution in [3.8, 4) is 0 Å². The van der Waals surface area contributed by atoms with Crippen molar-refractivity contribution in [2.24, 2.45) is 0 Å². The molecule has 0 saturated heterocycles. The van der Waals surface area contributed by atoms with Crippen LogP contribution in [0.2, 0.25) is 0 Å². The molecule has 0 spiro atoms. The molecular formula is C34H64O7. The molecule has 0 aromatic rings. The van der Waals surface area contributed by atoms with Crippen LogP contribution in [0.5, 0.6) is 0 Å². The Labute approximate surface area is 252 Å². The minimum absolute atomic E-state index is 0.217. The molecule has 0 aliphatic carbocycles. The summed E-state index contributed by atoms with van der Waals surface area (Å²) < 4.78 is 22.3. The fraction of sp³-hybridized carbons (Fsp3) is 0.912. The van der Waals surface area contributed by atoms with Gasteiger partial charge in [0.05, 0.1) is 32.7 Å². The van der Waals surface area contributed by atoms with Crippen LogP contribution in [0.15, 0.2) is 0 Å². The number of carbonyl (C=O) groups excluding carboxylic acids is 3. The van der Waals surface area contributed by atoms with E-state index in [4.69, 9.17) is 18.9 Å². The molecule has 0 saturated carbocycles. The van der Waals surface area contributed by atoms with Crippen molar-refractivity contribution in [2.45, 2.75) is 175 Å². The standard InChI is InChI=1S/C34H64O7/c1-5-9-13-14-15-16-17-18-19-20-21-22-23-24-28-41-34(33(37)40-27-12-8-4,29-31(35)38-25-10-6-2)30-32(36)39-26-11-7-3/h5-30H2,1-4H3. The Balaban J connectivity index is 4.80. The molecule has 0 fully saturated rings. The predicted molar refractivity (Wildman–Crippen MR) is 166 cm³/mol. The lowest BCUT2D eigenvalue weighted by molar-refractivity contribution is -0.186. The van der Waals surface area contributed by atoms with Crippen LogP contribution in [-0.4, -0.2) is 49.9 Å². The minimum Gasteiger partial charge on any atom is -0.466 e. The zero-order valence-electron chi connectivity index (χ0n) is 27.2. The SMILES string of the molecule is CCCCCCCCCCCCCCCCOC(CC(=O)OCCCC)(CC(=O)OCCCC)C(=O)OCCCC. The third-order valence-corrected chi connectivity index (χ3v) is 7.36. The van der Waals surface area contributed by atoms with E-state index in [1.807, 2.05) is 20.8 Å². The number of rotatable bonds is 30. The fourth-order valence-corrected chi connectivity index (χ4v) is 4.60. The van der Waals surface area contributed by atoms with Crippen molar-refractivity contribution < 1.29 is 33.3 Å². The highest BCUT2D eigenvalue weighted by molar-refractivity contribution is 5.90. The van der Waals surface area contributed by atoms with Gasteiger partial charge in [-0.25, -0.2) is 4.79 Å². The first kappa shape index (κ1) is 39.4. The molecule has 41 heavy (non-hydrogen) atoms. The molecule has 0 heterocycles. The highest BCUT2D eigenvalue weighted by atomic mass is 16.6. The van der Waals surface area contributed by atoms with E-state index in [9.17, 15) is 14.4 Å². The molecular weight excluding hydrogens is 520 g/mol. The summed E-state index contributed by atoms with van der Waals surface area (Å²) in [6, 6.07) is 0. The van der Waals surface area contributed by atoms with Gasteiger partial charge in [-0.15, -0.1) is 0 Å². The fourth-order valence-electron chi connectivity index (χ4n) is 4.60. The number of unbranched alkanes of at least 4 members (excludes halogenated alkanes) is 16. The van der Waals surface area contributed by atoms with Gasteiger partial charge in [-0.2, -0.15) is 0 Å². The van der Waals surface area contributed by atoms with Crippen LogP contribution < -0.4 is 0 Å². The van der Waals surface area contributed by atoms with Gasteiger partial charge >= 0.3 is 17.9 Å². The van der Waals surface area contributed by atoms with Crippen LogP contribution >= 0.6 is 0 Å². The maximum atomic E-state index is 13.3. The third-order valence-electron chi connectivity index (χ3n) is 7.36. The van der Waals surface area contributed by atoms with E-state index < -0.39 is 23.5 Å². The van der Waals surface area contributed by atoms with E-state index in [-0.39, 0.29) is 39.3 Å². The Kier molecular flexibility index (Phi) is 27.4. The molecule has 0 rings (SSSR count). The van der Waals surface area contributed by atoms with Gasteiger partial charge < -0.3 is 18.9 Å². The second kappa shape index (κ2) is 28.5. The van der Waals surface area contributed by atoms with Gasteiger partial charge in [-0.3, -0.25) is 9.59 Å². The summed E-state index contributed by atoms with van der Waals surface area (Å²) in [4.78, 5) is 38.7. The Bertz CT molecular complexity index is 611. The molecule has 7 nitrogen and oxygen atoms in total. The third kappa shape index (κ3) is 22.6. The van der Waals surface area contributed by atoms with Crippen molar-refractivity contribution in [3.63, 3.8) is 0 Å². The molecule has 0 radical (unpaired) electrons. The summed E-state index contributed by atoms with van der Waals surface area (Å²) in [5, 5.41) is 0. The van der Waals surface area contributed by atoms with Gasteiger partial charge in [0.15, 0.2) is 5.60 Å². The largest absolute Gasteiger partial charge is 0.466 e. The Morgan fingerprint density at radius 1 is 0.415 bits per heavy atom. The summed E-state index contributed by atoms with van der Waals surface area (Å²) in [6.07, 6.45) is 21.5. The molecule has 0 N–H and O–H groups in total. The van der Waals surface area contributed by atoms with Crippen LogP contribution in [0.1, 0.15) is 169 Å². The van der Waals surface area contributed by atoms with Crippen molar-refractivity contribution in [3.05, 3.63) is 0 Å². The Hall–Kier alpha value is -1.63. The maximum Gasteiger partial charge on any atom is 0.339 e. The van der Waals surface area contributed by atoms with Gasteiger partial charge in [0.25, 0.3) is 0 Å². The zero-order valence-corrected chi connectivity index (χ0v) is 27.2. The molecule has 0 amide bonds. The molecule has 0 bridgehead atoms. The average molecular weight is 585 g/mol. The van der Waals surface area contributed by atoms with E-state index in [0.29, 0.717) is 6.42 Å². The zero-order chi connectivity index (χ0) is 30.4. The summed E-state index contributed by atoms with van der Waals surface area (Å²) in [5.74, 6) is -1.81. The van der Waals surface area contributed by atoms with E-state index in [0.717, 1.165) is 51.4 Å². The van der Waals surface area contributed by atoms with Gasteiger partial charge in [0, 0.05) is 6.61 Å². The molecule has 0 aliphatic heterocycles. The molecule has 7 heteroatoms. The minimum atomic E-state index is -1.73. The summed E-state index contributed by atoms with van der Waals surface area (Å²) in [7, 11) is 0. The summed E-state index contributed by atoms with van der Waals surface area (Å²) in [6.45, 7) is 9.31. The number of hydrogen-bond donors (Lipinski definition) is 0. The van der Waals surface area contributed by atoms with Crippen molar-refractivity contribution in [2.75, 3.05) is 26.4 Å². The summed E-state index contributed by atoms with van der Waals surface area (Å²) >= 11 is 0. The van der Waals surface area contributed by atoms with Crippen molar-refractivity contribution >= 4 is 17.9 Å². The van der Waals surface area contributed by atoms with E-state index >= 15 is 0 Å². The van der Waals surface area contributed by atoms with Crippen LogP contribution in [0.3, 0.4) is 0 Å². The number of carbonyl (C=O) groups is 3. The van der Waals surface area contributed by atoms with Crippen LogP contribution in [0.4, 0.5) is 0 Å².